The second-order valence-electron chi connectivity index (χ2n) is 5.54. The Morgan fingerprint density at radius 1 is 1.38 bits per heavy atom. The maximum atomic E-state index is 12.8. The lowest BCUT2D eigenvalue weighted by Gasteiger charge is -2.32. The van der Waals surface area contributed by atoms with E-state index in [9.17, 15) is 9.18 Å². The summed E-state index contributed by atoms with van der Waals surface area (Å²) in [5, 5.41) is 4.10. The van der Waals surface area contributed by atoms with Gasteiger partial charge in [-0.15, -0.1) is 5.10 Å². The summed E-state index contributed by atoms with van der Waals surface area (Å²) in [6, 6.07) is 0.106. The third kappa shape index (κ3) is 3.44. The summed E-state index contributed by atoms with van der Waals surface area (Å²) in [6.45, 7) is 1.03. The average Bonchev–Trinajstić information content (AvgIpc) is 2.97. The van der Waals surface area contributed by atoms with Crippen molar-refractivity contribution in [3.05, 3.63) is 30.0 Å². The molecule has 0 saturated carbocycles. The van der Waals surface area contributed by atoms with Gasteiger partial charge in [-0.2, -0.15) is 0 Å². The van der Waals surface area contributed by atoms with Gasteiger partial charge in [-0.3, -0.25) is 9.48 Å². The van der Waals surface area contributed by atoms with E-state index in [1.807, 2.05) is 0 Å². The zero-order valence-corrected chi connectivity index (χ0v) is 13.5. The second kappa shape index (κ2) is 6.81. The molecule has 0 bridgehead atoms. The fraction of sp³-hybridized carbons (Fsp3) is 0.467. The zero-order valence-electron chi connectivity index (χ0n) is 13.5. The van der Waals surface area contributed by atoms with Gasteiger partial charge in [0, 0.05) is 19.8 Å². The molecule has 3 rings (SSSR count). The third-order valence-electron chi connectivity index (χ3n) is 3.75. The van der Waals surface area contributed by atoms with Crippen molar-refractivity contribution in [3.63, 3.8) is 0 Å². The fourth-order valence-electron chi connectivity index (χ4n) is 2.67. The van der Waals surface area contributed by atoms with Crippen LogP contribution in [0.25, 0.3) is 0 Å². The van der Waals surface area contributed by atoms with E-state index in [0.29, 0.717) is 24.5 Å². The van der Waals surface area contributed by atoms with Gasteiger partial charge in [0.1, 0.15) is 11.7 Å². The first kappa shape index (κ1) is 16.2. The Hall–Kier alpha value is -2.71. The molecular weight excluding hydrogens is 317 g/mol. The van der Waals surface area contributed by atoms with Gasteiger partial charge in [-0.1, -0.05) is 0 Å². The number of aromatic nitrogens is 4. The Balaban J connectivity index is 1.68. The number of hydrogen-bond donors (Lipinski definition) is 0. The van der Waals surface area contributed by atoms with Crippen LogP contribution < -0.4 is 9.47 Å². The maximum Gasteiger partial charge on any atom is 0.316 e. The molecule has 1 unspecified atom stereocenters. The molecule has 2 aromatic rings. The number of carbonyl (C=O) groups excluding carboxylic acids is 1. The first-order chi connectivity index (χ1) is 11.6. The van der Waals surface area contributed by atoms with Crippen molar-refractivity contribution in [3.8, 4) is 11.9 Å². The molecule has 0 aliphatic carbocycles. The van der Waals surface area contributed by atoms with E-state index in [1.54, 1.807) is 18.1 Å². The van der Waals surface area contributed by atoms with Crippen LogP contribution >= 0.6 is 0 Å². The third-order valence-corrected chi connectivity index (χ3v) is 3.75. The highest BCUT2D eigenvalue weighted by Crippen LogP contribution is 2.21. The van der Waals surface area contributed by atoms with E-state index < -0.39 is 5.82 Å². The Kier molecular flexibility index (Phi) is 4.59. The quantitative estimate of drug-likeness (QED) is 0.830. The minimum absolute atomic E-state index is 0.106. The molecule has 8 nitrogen and oxygen atoms in total. The van der Waals surface area contributed by atoms with Crippen LogP contribution in [0.4, 0.5) is 4.39 Å². The van der Waals surface area contributed by atoms with Crippen molar-refractivity contribution < 1.29 is 18.7 Å². The van der Waals surface area contributed by atoms with Gasteiger partial charge < -0.3 is 14.4 Å². The van der Waals surface area contributed by atoms with Crippen molar-refractivity contribution in [1.82, 2.24) is 24.6 Å². The van der Waals surface area contributed by atoms with Gasteiger partial charge in [0.25, 0.3) is 5.91 Å². The van der Waals surface area contributed by atoms with E-state index in [-0.39, 0.29) is 18.0 Å². The number of amides is 1. The summed E-state index contributed by atoms with van der Waals surface area (Å²) < 4.78 is 25.2. The van der Waals surface area contributed by atoms with Crippen molar-refractivity contribution >= 4 is 5.91 Å². The maximum absolute atomic E-state index is 12.8. The SMILES string of the molecule is COc1nn(C)cc1C(=O)N1CCCC(Oc2ncc(F)cn2)C1. The van der Waals surface area contributed by atoms with Crippen LogP contribution in [0.5, 0.6) is 11.9 Å². The number of aryl methyl sites for hydroxylation is 1. The van der Waals surface area contributed by atoms with Gasteiger partial charge in [0.15, 0.2) is 5.82 Å². The van der Waals surface area contributed by atoms with Crippen molar-refractivity contribution in [2.75, 3.05) is 20.2 Å². The molecule has 1 aliphatic rings. The summed E-state index contributed by atoms with van der Waals surface area (Å²) in [5.74, 6) is -0.382. The lowest BCUT2D eigenvalue weighted by atomic mass is 10.1. The molecule has 0 aromatic carbocycles. The summed E-state index contributed by atoms with van der Waals surface area (Å²) in [4.78, 5) is 22.0. The van der Waals surface area contributed by atoms with Gasteiger partial charge in [0.2, 0.25) is 5.88 Å². The molecule has 2 aromatic heterocycles. The molecule has 24 heavy (non-hydrogen) atoms. The molecule has 1 amide bonds. The molecule has 1 fully saturated rings. The molecule has 1 atom stereocenters. The van der Waals surface area contributed by atoms with Gasteiger partial charge in [0.05, 0.1) is 26.0 Å². The van der Waals surface area contributed by atoms with Gasteiger partial charge >= 0.3 is 6.01 Å². The van der Waals surface area contributed by atoms with Crippen LogP contribution in [0.2, 0.25) is 0 Å². The number of halogens is 1. The zero-order chi connectivity index (χ0) is 17.1. The van der Waals surface area contributed by atoms with Crippen molar-refractivity contribution in [2.45, 2.75) is 18.9 Å². The van der Waals surface area contributed by atoms with E-state index in [2.05, 4.69) is 15.1 Å². The minimum atomic E-state index is -0.522. The number of hydrogen-bond acceptors (Lipinski definition) is 6. The first-order valence-electron chi connectivity index (χ1n) is 7.58. The highest BCUT2D eigenvalue weighted by Gasteiger charge is 2.29. The summed E-state index contributed by atoms with van der Waals surface area (Å²) >= 11 is 0. The summed E-state index contributed by atoms with van der Waals surface area (Å²) in [7, 11) is 3.21. The number of methoxy groups -OCH3 is 1. The lowest BCUT2D eigenvalue weighted by molar-refractivity contribution is 0.0512. The van der Waals surface area contributed by atoms with Crippen LogP contribution in [-0.2, 0) is 7.05 Å². The highest BCUT2D eigenvalue weighted by atomic mass is 19.1. The largest absolute Gasteiger partial charge is 0.479 e. The molecule has 128 valence electrons. The number of piperidine rings is 1. The molecule has 9 heteroatoms. The minimum Gasteiger partial charge on any atom is -0.479 e. The normalized spacial score (nSPS) is 17.6. The number of rotatable bonds is 4. The topological polar surface area (TPSA) is 82.4 Å². The van der Waals surface area contributed by atoms with Gasteiger partial charge in [-0.05, 0) is 12.8 Å². The molecule has 0 N–H and O–H groups in total. The highest BCUT2D eigenvalue weighted by molar-refractivity contribution is 5.96. The van der Waals surface area contributed by atoms with E-state index >= 15 is 0 Å². The Morgan fingerprint density at radius 3 is 2.83 bits per heavy atom. The number of ether oxygens (including phenoxy) is 2. The van der Waals surface area contributed by atoms with Crippen LogP contribution in [0.3, 0.4) is 0 Å². The molecule has 0 radical (unpaired) electrons. The predicted molar refractivity (Wildman–Crippen MR) is 81.3 cm³/mol. The lowest BCUT2D eigenvalue weighted by Crippen LogP contribution is -2.44. The summed E-state index contributed by atoms with van der Waals surface area (Å²) in [6.07, 6.45) is 5.06. The Morgan fingerprint density at radius 2 is 2.12 bits per heavy atom. The van der Waals surface area contributed by atoms with Crippen LogP contribution in [0.1, 0.15) is 23.2 Å². The fourth-order valence-corrected chi connectivity index (χ4v) is 2.67. The first-order valence-corrected chi connectivity index (χ1v) is 7.58. The monoisotopic (exact) mass is 335 g/mol. The standard InChI is InChI=1S/C15H18FN5O3/c1-20-9-12(13(19-20)23-2)14(22)21-5-3-4-11(8-21)24-15-17-6-10(16)7-18-15/h6-7,9,11H,3-5,8H2,1-2H3. The van der Waals surface area contributed by atoms with Crippen molar-refractivity contribution in [1.29, 1.82) is 0 Å². The summed E-state index contributed by atoms with van der Waals surface area (Å²) in [5.41, 5.74) is 0.415. The van der Waals surface area contributed by atoms with Crippen LogP contribution in [-0.4, -0.2) is 56.9 Å². The van der Waals surface area contributed by atoms with E-state index in [1.165, 1.54) is 11.8 Å². The Labute approximate surface area is 138 Å². The van der Waals surface area contributed by atoms with Crippen molar-refractivity contribution in [2.24, 2.45) is 7.05 Å². The molecule has 3 heterocycles. The van der Waals surface area contributed by atoms with E-state index in [0.717, 1.165) is 25.2 Å². The molecular formula is C15H18FN5O3. The van der Waals surface area contributed by atoms with E-state index in [4.69, 9.17) is 9.47 Å². The molecule has 0 spiro atoms. The smallest absolute Gasteiger partial charge is 0.316 e. The Bertz CT molecular complexity index is 718. The molecule has 1 saturated heterocycles. The number of carbonyl (C=O) groups is 1. The second-order valence-corrected chi connectivity index (χ2v) is 5.54. The number of likely N-dealkylation sites (tertiary alicyclic amines) is 1. The number of nitrogens with zero attached hydrogens (tertiary/aromatic N) is 5. The van der Waals surface area contributed by atoms with Crippen LogP contribution in [0.15, 0.2) is 18.6 Å². The van der Waals surface area contributed by atoms with Gasteiger partial charge in [-0.25, -0.2) is 14.4 Å². The predicted octanol–water partition coefficient (Wildman–Crippen LogP) is 1.04. The van der Waals surface area contributed by atoms with Crippen LogP contribution in [0, 0.1) is 5.82 Å². The molecule has 1 aliphatic heterocycles. The average molecular weight is 335 g/mol.